The monoisotopic (exact) mass is 232 g/mol. The Kier molecular flexibility index (Phi) is 3.13. The van der Waals surface area contributed by atoms with Crippen molar-refractivity contribution in [1.82, 2.24) is 4.90 Å². The van der Waals surface area contributed by atoms with Gasteiger partial charge in [-0.3, -0.25) is 9.69 Å². The smallest absolute Gasteiger partial charge is 0.323 e. The van der Waals surface area contributed by atoms with Crippen LogP contribution in [0.5, 0.6) is 0 Å². The highest BCUT2D eigenvalue weighted by Gasteiger charge is 2.28. The van der Waals surface area contributed by atoms with Crippen LogP contribution in [0.3, 0.4) is 0 Å². The maximum atomic E-state index is 12.0. The number of carbonyl (C=O) groups is 2. The molecule has 0 aliphatic carbocycles. The molecule has 0 spiro atoms. The Morgan fingerprint density at radius 1 is 1.35 bits per heavy atom. The number of amides is 2. The van der Waals surface area contributed by atoms with Gasteiger partial charge in [-0.15, -0.1) is 0 Å². The molecule has 4 heteroatoms. The molecular weight excluding hydrogens is 216 g/mol. The van der Waals surface area contributed by atoms with E-state index in [1.54, 1.807) is 16.8 Å². The molecule has 17 heavy (non-hydrogen) atoms. The number of hydrogen-bond acceptors (Lipinski definition) is 2. The van der Waals surface area contributed by atoms with Crippen molar-refractivity contribution in [3.05, 3.63) is 29.8 Å². The Hall–Kier alpha value is -1.84. The quantitative estimate of drug-likeness (QED) is 0.800. The van der Waals surface area contributed by atoms with E-state index in [1.165, 1.54) is 0 Å². The van der Waals surface area contributed by atoms with E-state index >= 15 is 0 Å². The second-order valence-electron chi connectivity index (χ2n) is 4.25. The molecule has 1 heterocycles. The summed E-state index contributed by atoms with van der Waals surface area (Å²) in [7, 11) is 1.75. The van der Waals surface area contributed by atoms with Crippen LogP contribution in [0.2, 0.25) is 0 Å². The molecule has 0 fully saturated rings. The number of ketones is 1. The molecule has 0 N–H and O–H groups in total. The van der Waals surface area contributed by atoms with Gasteiger partial charge in [-0.1, -0.05) is 25.1 Å². The van der Waals surface area contributed by atoms with Gasteiger partial charge in [0.2, 0.25) is 0 Å². The predicted molar refractivity (Wildman–Crippen MR) is 65.9 cm³/mol. The molecule has 1 aromatic carbocycles. The normalized spacial score (nSPS) is 14.8. The summed E-state index contributed by atoms with van der Waals surface area (Å²) in [6, 6.07) is 7.61. The molecule has 0 atom stereocenters. The van der Waals surface area contributed by atoms with E-state index in [9.17, 15) is 9.59 Å². The first kappa shape index (κ1) is 11.6. The van der Waals surface area contributed by atoms with E-state index in [4.69, 9.17) is 0 Å². The molecule has 4 nitrogen and oxygen atoms in total. The third-order valence-corrected chi connectivity index (χ3v) is 2.98. The van der Waals surface area contributed by atoms with Crippen molar-refractivity contribution in [3.63, 3.8) is 0 Å². The predicted octanol–water partition coefficient (Wildman–Crippen LogP) is 2.04. The van der Waals surface area contributed by atoms with Crippen molar-refractivity contribution in [2.75, 3.05) is 18.5 Å². The van der Waals surface area contributed by atoms with Gasteiger partial charge in [0.15, 0.2) is 5.78 Å². The van der Waals surface area contributed by atoms with Gasteiger partial charge < -0.3 is 4.90 Å². The lowest BCUT2D eigenvalue weighted by Crippen LogP contribution is -2.47. The average molecular weight is 232 g/mol. The van der Waals surface area contributed by atoms with E-state index in [1.807, 2.05) is 31.2 Å². The summed E-state index contributed by atoms with van der Waals surface area (Å²) in [5, 5.41) is 0. The molecule has 2 rings (SSSR count). The number of rotatable bonds is 3. The summed E-state index contributed by atoms with van der Waals surface area (Å²) in [5.74, 6) is 0.0726. The van der Waals surface area contributed by atoms with Crippen LogP contribution >= 0.6 is 0 Å². The molecule has 90 valence electrons. The van der Waals surface area contributed by atoms with Crippen LogP contribution in [-0.2, 0) is 11.3 Å². The highest BCUT2D eigenvalue weighted by molar-refractivity contribution is 6.00. The van der Waals surface area contributed by atoms with Gasteiger partial charge in [0, 0.05) is 20.0 Å². The Morgan fingerprint density at radius 2 is 2.06 bits per heavy atom. The van der Waals surface area contributed by atoms with Crippen molar-refractivity contribution in [2.24, 2.45) is 0 Å². The van der Waals surface area contributed by atoms with Crippen LogP contribution in [0.4, 0.5) is 10.5 Å². The number of benzene rings is 1. The summed E-state index contributed by atoms with van der Waals surface area (Å²) < 4.78 is 0. The molecule has 0 saturated carbocycles. The van der Waals surface area contributed by atoms with E-state index in [0.717, 1.165) is 11.3 Å². The van der Waals surface area contributed by atoms with Gasteiger partial charge >= 0.3 is 6.03 Å². The van der Waals surface area contributed by atoms with Gasteiger partial charge in [0.25, 0.3) is 0 Å². The average Bonchev–Trinajstić information content (AvgIpc) is 2.34. The second kappa shape index (κ2) is 4.57. The van der Waals surface area contributed by atoms with Crippen molar-refractivity contribution >= 4 is 17.5 Å². The van der Waals surface area contributed by atoms with E-state index < -0.39 is 0 Å². The van der Waals surface area contributed by atoms with E-state index in [0.29, 0.717) is 13.0 Å². The molecule has 0 unspecified atom stereocenters. The summed E-state index contributed by atoms with van der Waals surface area (Å²) in [4.78, 5) is 26.8. The number of urea groups is 1. The number of anilines is 1. The van der Waals surface area contributed by atoms with Crippen molar-refractivity contribution in [3.8, 4) is 0 Å². The molecule has 0 aromatic heterocycles. The fourth-order valence-corrected chi connectivity index (χ4v) is 1.98. The number of para-hydroxylation sites is 1. The Labute approximate surface area is 101 Å². The summed E-state index contributed by atoms with van der Waals surface area (Å²) in [6.07, 6.45) is 0.454. The maximum absolute atomic E-state index is 12.0. The largest absolute Gasteiger partial charge is 0.324 e. The summed E-state index contributed by atoms with van der Waals surface area (Å²) in [6.45, 7) is 2.58. The molecule has 2 amide bonds. The third-order valence-electron chi connectivity index (χ3n) is 2.98. The van der Waals surface area contributed by atoms with Crippen LogP contribution in [0, 0.1) is 0 Å². The van der Waals surface area contributed by atoms with Gasteiger partial charge in [-0.05, 0) is 11.6 Å². The Balaban J connectivity index is 2.35. The standard InChI is InChI=1S/C13H16N2O2/c1-3-11(16)9-15-12-7-5-4-6-10(12)8-14(2)13(15)17/h4-7H,3,8-9H2,1-2H3. The van der Waals surface area contributed by atoms with Crippen LogP contribution in [-0.4, -0.2) is 30.3 Å². The first-order valence-electron chi connectivity index (χ1n) is 5.75. The number of carbonyl (C=O) groups excluding carboxylic acids is 2. The molecule has 1 aliphatic rings. The van der Waals surface area contributed by atoms with Crippen LogP contribution in [0.25, 0.3) is 0 Å². The van der Waals surface area contributed by atoms with Crippen LogP contribution in [0.1, 0.15) is 18.9 Å². The van der Waals surface area contributed by atoms with Gasteiger partial charge in [0.05, 0.1) is 12.2 Å². The topological polar surface area (TPSA) is 40.6 Å². The minimum Gasteiger partial charge on any atom is -0.323 e. The first-order chi connectivity index (χ1) is 8.13. The van der Waals surface area contributed by atoms with Gasteiger partial charge in [0.1, 0.15) is 0 Å². The molecule has 1 aromatic rings. The van der Waals surface area contributed by atoms with E-state index in [-0.39, 0.29) is 18.4 Å². The molecule has 1 aliphatic heterocycles. The Bertz CT molecular complexity index is 456. The minimum absolute atomic E-state index is 0.0726. The second-order valence-corrected chi connectivity index (χ2v) is 4.25. The number of Topliss-reactive ketones (excluding diaryl/α,β-unsaturated/α-hetero) is 1. The molecule has 0 bridgehead atoms. The summed E-state index contributed by atoms with van der Waals surface area (Å²) >= 11 is 0. The zero-order valence-electron chi connectivity index (χ0n) is 10.1. The van der Waals surface area contributed by atoms with Crippen LogP contribution < -0.4 is 4.90 Å². The van der Waals surface area contributed by atoms with Crippen molar-refractivity contribution < 1.29 is 9.59 Å². The molecule has 0 saturated heterocycles. The summed E-state index contributed by atoms with van der Waals surface area (Å²) in [5.41, 5.74) is 1.94. The number of hydrogen-bond donors (Lipinski definition) is 0. The minimum atomic E-state index is -0.106. The fraction of sp³-hybridized carbons (Fsp3) is 0.385. The lowest BCUT2D eigenvalue weighted by atomic mass is 10.1. The lowest BCUT2D eigenvalue weighted by molar-refractivity contribution is -0.117. The zero-order chi connectivity index (χ0) is 12.4. The van der Waals surface area contributed by atoms with Gasteiger partial charge in [-0.25, -0.2) is 4.79 Å². The van der Waals surface area contributed by atoms with Gasteiger partial charge in [-0.2, -0.15) is 0 Å². The highest BCUT2D eigenvalue weighted by atomic mass is 16.2. The number of fused-ring (bicyclic) bond motifs is 1. The first-order valence-corrected chi connectivity index (χ1v) is 5.75. The van der Waals surface area contributed by atoms with Crippen molar-refractivity contribution in [2.45, 2.75) is 19.9 Å². The Morgan fingerprint density at radius 3 is 2.76 bits per heavy atom. The lowest BCUT2D eigenvalue weighted by Gasteiger charge is -2.34. The zero-order valence-corrected chi connectivity index (χ0v) is 10.1. The SMILES string of the molecule is CCC(=O)CN1C(=O)N(C)Cc2ccccc21. The van der Waals surface area contributed by atoms with Crippen molar-refractivity contribution in [1.29, 1.82) is 0 Å². The van der Waals surface area contributed by atoms with Crippen LogP contribution in [0.15, 0.2) is 24.3 Å². The maximum Gasteiger partial charge on any atom is 0.324 e. The third kappa shape index (κ3) is 2.16. The number of nitrogens with zero attached hydrogens (tertiary/aromatic N) is 2. The fourth-order valence-electron chi connectivity index (χ4n) is 1.98. The highest BCUT2D eigenvalue weighted by Crippen LogP contribution is 2.27. The van der Waals surface area contributed by atoms with E-state index in [2.05, 4.69) is 0 Å². The molecule has 0 radical (unpaired) electrons. The molecular formula is C13H16N2O2.